The smallest absolute Gasteiger partial charge is 0.0794 e. The molecule has 0 spiro atoms. The zero-order valence-corrected chi connectivity index (χ0v) is 9.17. The van der Waals surface area contributed by atoms with E-state index in [0.29, 0.717) is 5.92 Å². The summed E-state index contributed by atoms with van der Waals surface area (Å²) in [6.07, 6.45) is 5.56. The molecule has 0 saturated heterocycles. The third-order valence-corrected chi connectivity index (χ3v) is 3.50. The maximum atomic E-state index is 6.11. The Kier molecular flexibility index (Phi) is 3.15. The van der Waals surface area contributed by atoms with Crippen molar-refractivity contribution in [1.82, 2.24) is 4.98 Å². The maximum absolute atomic E-state index is 6.11. The van der Waals surface area contributed by atoms with Gasteiger partial charge in [0.15, 0.2) is 0 Å². The molecule has 2 N–H and O–H groups in total. The molecule has 1 aromatic rings. The molecular weight excluding hydrogens is 196 g/mol. The van der Waals surface area contributed by atoms with Crippen LogP contribution in [0.5, 0.6) is 0 Å². The monoisotopic (exact) mass is 212 g/mol. The predicted molar refractivity (Wildman–Crippen MR) is 57.3 cm³/mol. The van der Waals surface area contributed by atoms with E-state index in [1.165, 1.54) is 17.7 Å². The van der Waals surface area contributed by atoms with Gasteiger partial charge in [-0.25, -0.2) is 0 Å². The van der Waals surface area contributed by atoms with Gasteiger partial charge in [-0.2, -0.15) is 0 Å². The Balaban J connectivity index is 1.90. The van der Waals surface area contributed by atoms with Crippen LogP contribution in [0.1, 0.15) is 17.7 Å². The van der Waals surface area contributed by atoms with Crippen molar-refractivity contribution in [3.8, 4) is 0 Å². The van der Waals surface area contributed by atoms with Crippen molar-refractivity contribution in [3.63, 3.8) is 0 Å². The number of methoxy groups -OCH3 is 1. The van der Waals surface area contributed by atoms with Gasteiger partial charge in [0.2, 0.25) is 0 Å². The first-order valence-corrected chi connectivity index (χ1v) is 5.85. The minimum atomic E-state index is 0.118. The standard InChI is InChI=1S/C10H16N2OS/c1-13-10(7-2-3-7)9(11)4-8-5-12-6-14-8/h5-7,9-10H,2-4,11H2,1H3. The fraction of sp³-hybridized carbons (Fsp3) is 0.700. The van der Waals surface area contributed by atoms with Crippen LogP contribution in [-0.2, 0) is 11.2 Å². The first-order valence-electron chi connectivity index (χ1n) is 4.97. The van der Waals surface area contributed by atoms with Gasteiger partial charge in [0.05, 0.1) is 11.6 Å². The fourth-order valence-corrected chi connectivity index (χ4v) is 2.50. The number of aromatic nitrogens is 1. The van der Waals surface area contributed by atoms with E-state index in [0.717, 1.165) is 6.42 Å². The van der Waals surface area contributed by atoms with Gasteiger partial charge < -0.3 is 10.5 Å². The van der Waals surface area contributed by atoms with Gasteiger partial charge >= 0.3 is 0 Å². The second-order valence-corrected chi connectivity index (χ2v) is 4.84. The minimum absolute atomic E-state index is 0.118. The molecule has 0 radical (unpaired) electrons. The lowest BCUT2D eigenvalue weighted by molar-refractivity contribution is 0.0629. The minimum Gasteiger partial charge on any atom is -0.380 e. The molecule has 0 aliphatic heterocycles. The summed E-state index contributed by atoms with van der Waals surface area (Å²) in [7, 11) is 1.76. The summed E-state index contributed by atoms with van der Waals surface area (Å²) in [5.41, 5.74) is 7.96. The van der Waals surface area contributed by atoms with Crippen LogP contribution in [0.15, 0.2) is 11.7 Å². The van der Waals surface area contributed by atoms with Crippen molar-refractivity contribution in [2.24, 2.45) is 11.7 Å². The topological polar surface area (TPSA) is 48.1 Å². The number of rotatable bonds is 5. The van der Waals surface area contributed by atoms with Crippen molar-refractivity contribution in [3.05, 3.63) is 16.6 Å². The van der Waals surface area contributed by atoms with Crippen molar-refractivity contribution >= 4 is 11.3 Å². The van der Waals surface area contributed by atoms with E-state index in [4.69, 9.17) is 10.5 Å². The van der Waals surface area contributed by atoms with Crippen molar-refractivity contribution in [1.29, 1.82) is 0 Å². The molecule has 2 rings (SSSR count). The Morgan fingerprint density at radius 2 is 2.50 bits per heavy atom. The Labute approximate surface area is 88.3 Å². The van der Waals surface area contributed by atoms with Crippen LogP contribution in [0.3, 0.4) is 0 Å². The van der Waals surface area contributed by atoms with Crippen molar-refractivity contribution < 1.29 is 4.74 Å². The first-order chi connectivity index (χ1) is 6.81. The van der Waals surface area contributed by atoms with E-state index in [-0.39, 0.29) is 12.1 Å². The average Bonchev–Trinajstić information content (AvgIpc) is 2.86. The van der Waals surface area contributed by atoms with E-state index in [1.807, 2.05) is 11.7 Å². The molecule has 78 valence electrons. The Bertz CT molecular complexity index is 272. The normalized spacial score (nSPS) is 20.7. The second kappa shape index (κ2) is 4.38. The molecule has 3 nitrogen and oxygen atoms in total. The van der Waals surface area contributed by atoms with Crippen LogP contribution in [0.25, 0.3) is 0 Å². The van der Waals surface area contributed by atoms with Gasteiger partial charge in [-0.15, -0.1) is 11.3 Å². The van der Waals surface area contributed by atoms with E-state index in [2.05, 4.69) is 4.98 Å². The highest BCUT2D eigenvalue weighted by Gasteiger charge is 2.35. The van der Waals surface area contributed by atoms with Gasteiger partial charge in [-0.1, -0.05) is 0 Å². The van der Waals surface area contributed by atoms with Crippen LogP contribution < -0.4 is 5.73 Å². The Morgan fingerprint density at radius 3 is 3.00 bits per heavy atom. The molecule has 1 aliphatic carbocycles. The van der Waals surface area contributed by atoms with Gasteiger partial charge in [0.25, 0.3) is 0 Å². The summed E-state index contributed by atoms with van der Waals surface area (Å²) in [5, 5.41) is 0. The van der Waals surface area contributed by atoms with Gasteiger partial charge in [0, 0.05) is 30.6 Å². The van der Waals surface area contributed by atoms with E-state index < -0.39 is 0 Å². The van der Waals surface area contributed by atoms with Gasteiger partial charge in [0.1, 0.15) is 0 Å². The molecule has 2 atom stereocenters. The van der Waals surface area contributed by atoms with Crippen LogP contribution in [-0.4, -0.2) is 24.2 Å². The molecule has 1 aromatic heterocycles. The SMILES string of the molecule is COC(C(N)Cc1cncs1)C1CC1. The molecule has 1 fully saturated rings. The predicted octanol–water partition coefficient (Wildman–Crippen LogP) is 1.44. The lowest BCUT2D eigenvalue weighted by Crippen LogP contribution is -2.39. The van der Waals surface area contributed by atoms with E-state index >= 15 is 0 Å². The van der Waals surface area contributed by atoms with Crippen LogP contribution in [0.4, 0.5) is 0 Å². The average molecular weight is 212 g/mol. The number of nitrogens with two attached hydrogens (primary N) is 1. The summed E-state index contributed by atoms with van der Waals surface area (Å²) in [6, 6.07) is 0.118. The Hall–Kier alpha value is -0.450. The summed E-state index contributed by atoms with van der Waals surface area (Å²) in [6.45, 7) is 0. The fourth-order valence-electron chi connectivity index (χ4n) is 1.83. The van der Waals surface area contributed by atoms with Crippen molar-refractivity contribution in [2.45, 2.75) is 31.4 Å². The van der Waals surface area contributed by atoms with E-state index in [9.17, 15) is 0 Å². The highest BCUT2D eigenvalue weighted by Crippen LogP contribution is 2.35. The van der Waals surface area contributed by atoms with Crippen molar-refractivity contribution in [2.75, 3.05) is 7.11 Å². The molecule has 14 heavy (non-hydrogen) atoms. The summed E-state index contributed by atoms with van der Waals surface area (Å²) in [5.74, 6) is 0.697. The van der Waals surface area contributed by atoms with Crippen LogP contribution in [0.2, 0.25) is 0 Å². The molecular formula is C10H16N2OS. The molecule has 4 heteroatoms. The quantitative estimate of drug-likeness (QED) is 0.803. The third kappa shape index (κ3) is 2.32. The molecule has 0 amide bonds. The maximum Gasteiger partial charge on any atom is 0.0794 e. The number of hydrogen-bond donors (Lipinski definition) is 1. The summed E-state index contributed by atoms with van der Waals surface area (Å²) in [4.78, 5) is 5.29. The molecule has 1 heterocycles. The molecule has 0 aromatic carbocycles. The van der Waals surface area contributed by atoms with E-state index in [1.54, 1.807) is 18.4 Å². The lowest BCUT2D eigenvalue weighted by atomic mass is 10.0. The highest BCUT2D eigenvalue weighted by molar-refractivity contribution is 7.09. The third-order valence-electron chi connectivity index (χ3n) is 2.70. The lowest BCUT2D eigenvalue weighted by Gasteiger charge is -2.21. The largest absolute Gasteiger partial charge is 0.380 e. The molecule has 1 aliphatic rings. The molecule has 1 saturated carbocycles. The summed E-state index contributed by atoms with van der Waals surface area (Å²) < 4.78 is 5.44. The zero-order valence-electron chi connectivity index (χ0n) is 8.35. The second-order valence-electron chi connectivity index (χ2n) is 3.87. The van der Waals surface area contributed by atoms with Gasteiger partial charge in [-0.3, -0.25) is 4.98 Å². The van der Waals surface area contributed by atoms with Crippen LogP contribution >= 0.6 is 11.3 Å². The summed E-state index contributed by atoms with van der Waals surface area (Å²) >= 11 is 1.66. The number of hydrogen-bond acceptors (Lipinski definition) is 4. The Morgan fingerprint density at radius 1 is 1.71 bits per heavy atom. The van der Waals surface area contributed by atoms with Crippen LogP contribution in [0, 0.1) is 5.92 Å². The number of thiazole rings is 1. The number of ether oxygens (including phenoxy) is 1. The number of nitrogens with zero attached hydrogens (tertiary/aromatic N) is 1. The molecule has 2 unspecified atom stereocenters. The van der Waals surface area contributed by atoms with Gasteiger partial charge in [-0.05, 0) is 18.8 Å². The zero-order chi connectivity index (χ0) is 9.97. The highest BCUT2D eigenvalue weighted by atomic mass is 32.1. The molecule has 0 bridgehead atoms. The first kappa shape index (κ1) is 10.1.